The van der Waals surface area contributed by atoms with E-state index in [4.69, 9.17) is 9.47 Å². The van der Waals surface area contributed by atoms with E-state index in [9.17, 15) is 5.11 Å². The van der Waals surface area contributed by atoms with Crippen LogP contribution in [0.2, 0.25) is 0 Å². The Labute approximate surface area is 146 Å². The molecule has 4 aliphatic carbocycles. The van der Waals surface area contributed by atoms with Gasteiger partial charge in [0.05, 0.1) is 19.3 Å². The molecule has 4 saturated carbocycles. The van der Waals surface area contributed by atoms with Crippen LogP contribution in [-0.4, -0.2) is 30.2 Å². The van der Waals surface area contributed by atoms with Gasteiger partial charge in [-0.1, -0.05) is 13.8 Å². The largest absolute Gasteiger partial charge is 0.393 e. The van der Waals surface area contributed by atoms with Gasteiger partial charge in [-0.15, -0.1) is 0 Å². The van der Waals surface area contributed by atoms with Gasteiger partial charge in [0, 0.05) is 11.8 Å². The highest BCUT2D eigenvalue weighted by molar-refractivity contribution is 5.12. The molecular formula is C21H34O3. The van der Waals surface area contributed by atoms with Crippen molar-refractivity contribution >= 4 is 0 Å². The van der Waals surface area contributed by atoms with E-state index in [0.29, 0.717) is 5.41 Å². The van der Waals surface area contributed by atoms with Crippen LogP contribution in [0.1, 0.15) is 71.6 Å². The Morgan fingerprint density at radius 2 is 1.58 bits per heavy atom. The molecule has 3 nitrogen and oxygen atoms in total. The molecule has 0 radical (unpaired) electrons. The van der Waals surface area contributed by atoms with Crippen molar-refractivity contribution in [3.05, 3.63) is 0 Å². The van der Waals surface area contributed by atoms with Crippen molar-refractivity contribution in [1.29, 1.82) is 0 Å². The second-order valence-corrected chi connectivity index (χ2v) is 10.0. The second-order valence-electron chi connectivity index (χ2n) is 10.0. The molecule has 0 aromatic heterocycles. The van der Waals surface area contributed by atoms with Crippen LogP contribution in [0.15, 0.2) is 0 Å². The third-order valence-electron chi connectivity index (χ3n) is 9.44. The van der Waals surface area contributed by atoms with Crippen molar-refractivity contribution in [2.45, 2.75) is 83.5 Å². The summed E-state index contributed by atoms with van der Waals surface area (Å²) in [4.78, 5) is 0. The Hall–Kier alpha value is -0.120. The molecule has 0 amide bonds. The molecule has 1 spiro atoms. The third-order valence-corrected chi connectivity index (χ3v) is 9.44. The van der Waals surface area contributed by atoms with Gasteiger partial charge in [0.25, 0.3) is 0 Å². The van der Waals surface area contributed by atoms with Gasteiger partial charge in [0.15, 0.2) is 5.79 Å². The third kappa shape index (κ3) is 1.90. The first-order valence-electron chi connectivity index (χ1n) is 10.4. The Balaban J connectivity index is 1.45. The lowest BCUT2D eigenvalue weighted by molar-refractivity contribution is -0.247. The number of hydrogen-bond acceptors (Lipinski definition) is 3. The summed E-state index contributed by atoms with van der Waals surface area (Å²) in [5.41, 5.74) is 0.693. The Bertz CT molecular complexity index is 513. The molecule has 3 heteroatoms. The number of ether oxygens (including phenoxy) is 2. The van der Waals surface area contributed by atoms with Gasteiger partial charge in [-0.2, -0.15) is 0 Å². The molecule has 5 aliphatic rings. The van der Waals surface area contributed by atoms with Crippen LogP contribution in [0.25, 0.3) is 0 Å². The lowest BCUT2D eigenvalue weighted by atomic mass is 9.45. The molecular weight excluding hydrogens is 300 g/mol. The predicted octanol–water partition coefficient (Wildman–Crippen LogP) is 4.13. The standard InChI is InChI=1S/C21H34O3/c1-19-8-5-15(22)13-14(19)3-4-16-17(19)6-9-20(2)18(16)7-10-21(20)23-11-12-24-21/h14-18,22H,3-13H2,1-2H3/t14-,15-,16?,17?,18-,19-,20-/m0/s1. The topological polar surface area (TPSA) is 38.7 Å². The summed E-state index contributed by atoms with van der Waals surface area (Å²) in [6.45, 7) is 6.61. The molecule has 5 fully saturated rings. The Kier molecular flexibility index (Phi) is 3.49. The van der Waals surface area contributed by atoms with E-state index in [1.54, 1.807) is 0 Å². The zero-order valence-corrected chi connectivity index (χ0v) is 15.4. The van der Waals surface area contributed by atoms with E-state index in [2.05, 4.69) is 13.8 Å². The molecule has 24 heavy (non-hydrogen) atoms. The fourth-order valence-corrected chi connectivity index (χ4v) is 8.12. The van der Waals surface area contributed by atoms with E-state index in [-0.39, 0.29) is 17.3 Å². The van der Waals surface area contributed by atoms with Crippen LogP contribution in [0, 0.1) is 34.5 Å². The van der Waals surface area contributed by atoms with Crippen molar-refractivity contribution in [1.82, 2.24) is 0 Å². The van der Waals surface area contributed by atoms with Gasteiger partial charge < -0.3 is 14.6 Å². The monoisotopic (exact) mass is 334 g/mol. The molecule has 7 atom stereocenters. The maximum atomic E-state index is 10.2. The zero-order valence-electron chi connectivity index (χ0n) is 15.4. The second kappa shape index (κ2) is 5.20. The van der Waals surface area contributed by atoms with E-state index in [1.165, 1.54) is 38.5 Å². The summed E-state index contributed by atoms with van der Waals surface area (Å²) >= 11 is 0. The molecule has 136 valence electrons. The minimum atomic E-state index is -0.261. The van der Waals surface area contributed by atoms with Crippen LogP contribution in [-0.2, 0) is 9.47 Å². The minimum absolute atomic E-state index is 0.0384. The highest BCUT2D eigenvalue weighted by Crippen LogP contribution is 2.69. The summed E-state index contributed by atoms with van der Waals surface area (Å²) < 4.78 is 12.5. The Morgan fingerprint density at radius 1 is 0.833 bits per heavy atom. The number of fused-ring (bicyclic) bond motifs is 6. The van der Waals surface area contributed by atoms with Gasteiger partial charge >= 0.3 is 0 Å². The van der Waals surface area contributed by atoms with E-state index >= 15 is 0 Å². The van der Waals surface area contributed by atoms with Crippen LogP contribution >= 0.6 is 0 Å². The molecule has 2 unspecified atom stereocenters. The van der Waals surface area contributed by atoms with Gasteiger partial charge in [-0.05, 0) is 80.5 Å². The number of aliphatic hydroxyl groups is 1. The summed E-state index contributed by atoms with van der Waals surface area (Å²) in [6.07, 6.45) is 11.0. The van der Waals surface area contributed by atoms with E-state index in [1.807, 2.05) is 0 Å². The first kappa shape index (κ1) is 16.1. The van der Waals surface area contributed by atoms with Crippen LogP contribution in [0.3, 0.4) is 0 Å². The molecule has 1 heterocycles. The quantitative estimate of drug-likeness (QED) is 0.724. The van der Waals surface area contributed by atoms with Gasteiger partial charge in [0.2, 0.25) is 0 Å². The molecule has 5 rings (SSSR count). The average Bonchev–Trinajstić information content (AvgIpc) is 3.15. The maximum absolute atomic E-state index is 10.2. The van der Waals surface area contributed by atoms with Crippen molar-refractivity contribution < 1.29 is 14.6 Å². The number of aliphatic hydroxyl groups excluding tert-OH is 1. The van der Waals surface area contributed by atoms with E-state index < -0.39 is 0 Å². The lowest BCUT2D eigenvalue weighted by Gasteiger charge is -2.61. The SMILES string of the molecule is C[C@]12CCC3C(CC[C@H]4C[C@@H](O)CC[C@]34C)[C@@H]1CCC21OCCO1. The Morgan fingerprint density at radius 3 is 2.38 bits per heavy atom. The highest BCUT2D eigenvalue weighted by Gasteiger charge is 2.67. The molecule has 1 aliphatic heterocycles. The van der Waals surface area contributed by atoms with Gasteiger partial charge in [-0.3, -0.25) is 0 Å². The van der Waals surface area contributed by atoms with Crippen molar-refractivity contribution in [3.8, 4) is 0 Å². The number of hydrogen-bond donors (Lipinski definition) is 1. The first-order valence-corrected chi connectivity index (χ1v) is 10.4. The van der Waals surface area contributed by atoms with Crippen LogP contribution in [0.5, 0.6) is 0 Å². The fraction of sp³-hybridized carbons (Fsp3) is 1.00. The number of rotatable bonds is 0. The normalized spacial score (nSPS) is 55.9. The average molecular weight is 335 g/mol. The molecule has 0 aromatic carbocycles. The van der Waals surface area contributed by atoms with Gasteiger partial charge in [0.1, 0.15) is 0 Å². The van der Waals surface area contributed by atoms with Crippen molar-refractivity contribution in [2.24, 2.45) is 34.5 Å². The maximum Gasteiger partial charge on any atom is 0.174 e. The first-order chi connectivity index (χ1) is 11.5. The van der Waals surface area contributed by atoms with Gasteiger partial charge in [-0.25, -0.2) is 0 Å². The fourth-order valence-electron chi connectivity index (χ4n) is 8.12. The minimum Gasteiger partial charge on any atom is -0.393 e. The molecule has 1 N–H and O–H groups in total. The summed E-state index contributed by atoms with van der Waals surface area (Å²) in [5.74, 6) is 2.98. The van der Waals surface area contributed by atoms with E-state index in [0.717, 1.165) is 56.1 Å². The van der Waals surface area contributed by atoms with Crippen LogP contribution in [0.4, 0.5) is 0 Å². The van der Waals surface area contributed by atoms with Crippen molar-refractivity contribution in [2.75, 3.05) is 13.2 Å². The summed E-state index contributed by atoms with van der Waals surface area (Å²) in [6, 6.07) is 0. The molecule has 1 saturated heterocycles. The van der Waals surface area contributed by atoms with Crippen molar-refractivity contribution in [3.63, 3.8) is 0 Å². The summed E-state index contributed by atoms with van der Waals surface area (Å²) in [7, 11) is 0. The zero-order chi connectivity index (χ0) is 16.6. The lowest BCUT2D eigenvalue weighted by Crippen LogP contribution is -2.57. The predicted molar refractivity (Wildman–Crippen MR) is 92.4 cm³/mol. The molecule has 0 aromatic rings. The summed E-state index contributed by atoms with van der Waals surface area (Å²) in [5, 5.41) is 10.2. The smallest absolute Gasteiger partial charge is 0.174 e. The van der Waals surface area contributed by atoms with Crippen LogP contribution < -0.4 is 0 Å². The molecule has 0 bridgehead atoms. The highest BCUT2D eigenvalue weighted by atomic mass is 16.7.